The van der Waals surface area contributed by atoms with Gasteiger partial charge in [0, 0.05) is 6.42 Å². The van der Waals surface area contributed by atoms with Crippen molar-refractivity contribution in [3.63, 3.8) is 0 Å². The molecule has 0 heterocycles. The largest absolute Gasteiger partial charge is 0.480 e. The molecule has 0 aromatic rings. The van der Waals surface area contributed by atoms with Crippen LogP contribution in [0.15, 0.2) is 0 Å². The zero-order valence-electron chi connectivity index (χ0n) is 8.45. The minimum absolute atomic E-state index is 0.220. The smallest absolute Gasteiger partial charge is 0.326 e. The van der Waals surface area contributed by atoms with E-state index in [1.807, 2.05) is 13.4 Å². The maximum atomic E-state index is 11.0. The number of carbonyl (C=O) groups is 2. The van der Waals surface area contributed by atoms with E-state index < -0.39 is 12.0 Å². The van der Waals surface area contributed by atoms with E-state index in [1.54, 1.807) is 18.5 Å². The molecule has 0 aliphatic carbocycles. The molecule has 1 unspecified atom stereocenters. The molecule has 0 rings (SSSR count). The third kappa shape index (κ3) is 5.91. The Labute approximate surface area is 89.0 Å². The topological polar surface area (TPSA) is 66.4 Å². The predicted octanol–water partition coefficient (Wildman–Crippen LogP) is 0.756. The second kappa shape index (κ2) is 7.73. The van der Waals surface area contributed by atoms with Gasteiger partial charge in [-0.1, -0.05) is 13.7 Å². The molecule has 0 aliphatic heterocycles. The predicted molar refractivity (Wildman–Crippen MR) is 58.6 cm³/mol. The van der Waals surface area contributed by atoms with Crippen LogP contribution < -0.4 is 5.32 Å². The molecule has 1 radical (unpaired) electrons. The van der Waals surface area contributed by atoms with Gasteiger partial charge in [-0.15, -0.1) is 0 Å². The normalized spacial score (nSPS) is 11.9. The Morgan fingerprint density at radius 3 is 2.64 bits per heavy atom. The molecule has 2 N–H and O–H groups in total. The molecule has 14 heavy (non-hydrogen) atoms. The zero-order chi connectivity index (χ0) is 11.0. The van der Waals surface area contributed by atoms with Crippen LogP contribution in [0.5, 0.6) is 0 Å². The minimum Gasteiger partial charge on any atom is -0.480 e. The minimum atomic E-state index is -0.969. The lowest BCUT2D eigenvalue weighted by Crippen LogP contribution is -2.40. The van der Waals surface area contributed by atoms with Crippen LogP contribution in [0.2, 0.25) is 6.82 Å². The monoisotopic (exact) mass is 216 g/mol. The Kier molecular flexibility index (Phi) is 7.37. The Balaban J connectivity index is 3.90. The number of nitrogens with one attached hydrogen (secondary N) is 1. The summed E-state index contributed by atoms with van der Waals surface area (Å²) in [6, 6.07) is -0.755. The number of amides is 1. The molecule has 0 bridgehead atoms. The van der Waals surface area contributed by atoms with Crippen molar-refractivity contribution in [2.24, 2.45) is 0 Å². The number of aliphatic carboxylic acids is 1. The van der Waals surface area contributed by atoms with Crippen LogP contribution in [0, 0.1) is 0 Å². The van der Waals surface area contributed by atoms with Crippen molar-refractivity contribution in [2.45, 2.75) is 32.6 Å². The highest BCUT2D eigenvalue weighted by Crippen LogP contribution is 2.03. The summed E-state index contributed by atoms with van der Waals surface area (Å²) in [5.74, 6) is -0.483. The Hall–Kier alpha value is -0.645. The first-order chi connectivity index (χ1) is 6.61. The summed E-state index contributed by atoms with van der Waals surface area (Å²) in [5, 5.41) is 11.2. The van der Waals surface area contributed by atoms with Crippen LogP contribution in [0.3, 0.4) is 0 Å². The number of carbonyl (C=O) groups excluding carboxylic acids is 1. The summed E-state index contributed by atoms with van der Waals surface area (Å²) < 4.78 is 0. The van der Waals surface area contributed by atoms with Gasteiger partial charge in [0.05, 0.1) is 0 Å². The summed E-state index contributed by atoms with van der Waals surface area (Å²) in [6.07, 6.45) is 0.771. The number of carboxylic acids is 1. The lowest BCUT2D eigenvalue weighted by Gasteiger charge is -2.13. The van der Waals surface area contributed by atoms with Gasteiger partial charge in [0.25, 0.3) is 0 Å². The summed E-state index contributed by atoms with van der Waals surface area (Å²) in [4.78, 5) is 21.7. The van der Waals surface area contributed by atoms with E-state index in [-0.39, 0.29) is 5.91 Å². The summed E-state index contributed by atoms with van der Waals surface area (Å²) in [7, 11) is 0. The summed E-state index contributed by atoms with van der Waals surface area (Å²) in [5.41, 5.74) is 0. The van der Waals surface area contributed by atoms with Gasteiger partial charge in [-0.3, -0.25) is 4.79 Å². The van der Waals surface area contributed by atoms with E-state index in [1.165, 1.54) is 0 Å². The van der Waals surface area contributed by atoms with Crippen molar-refractivity contribution in [1.82, 2.24) is 5.32 Å². The van der Waals surface area contributed by atoms with Crippen LogP contribution in [-0.2, 0) is 9.59 Å². The lowest BCUT2D eigenvalue weighted by atomic mass is 10.2. The number of carboxylic acid groups (broad SMARTS) is 1. The Morgan fingerprint density at radius 2 is 2.21 bits per heavy atom. The fraction of sp³-hybridized carbons (Fsp3) is 0.750. The van der Waals surface area contributed by atoms with Crippen molar-refractivity contribution in [1.29, 1.82) is 0 Å². The van der Waals surface area contributed by atoms with E-state index in [2.05, 4.69) is 5.32 Å². The zero-order valence-corrected chi connectivity index (χ0v) is 9.26. The van der Waals surface area contributed by atoms with Crippen molar-refractivity contribution < 1.29 is 14.7 Å². The van der Waals surface area contributed by atoms with Gasteiger partial charge in [-0.2, -0.15) is 0 Å². The highest BCUT2D eigenvalue weighted by Gasteiger charge is 2.18. The summed E-state index contributed by atoms with van der Waals surface area (Å²) >= 11 is 1.55. The van der Waals surface area contributed by atoms with E-state index in [0.29, 0.717) is 18.6 Å². The van der Waals surface area contributed by atoms with Gasteiger partial charge < -0.3 is 10.4 Å². The molecule has 6 heteroatoms. The van der Waals surface area contributed by atoms with Crippen LogP contribution in [0.25, 0.3) is 0 Å². The van der Waals surface area contributed by atoms with E-state index in [9.17, 15) is 9.59 Å². The van der Waals surface area contributed by atoms with Gasteiger partial charge >= 0.3 is 5.97 Å². The fourth-order valence-corrected chi connectivity index (χ4v) is 1.47. The Bertz CT molecular complexity index is 201. The van der Waals surface area contributed by atoms with Gasteiger partial charge in [0.15, 0.2) is 6.56 Å². The number of hydrogen-bond acceptors (Lipinski definition) is 3. The van der Waals surface area contributed by atoms with E-state index in [0.717, 1.165) is 0 Å². The average molecular weight is 216 g/mol. The molecule has 4 nitrogen and oxygen atoms in total. The second-order valence-electron chi connectivity index (χ2n) is 2.71. The van der Waals surface area contributed by atoms with Crippen molar-refractivity contribution >= 4 is 30.0 Å². The van der Waals surface area contributed by atoms with E-state index >= 15 is 0 Å². The molecule has 0 aliphatic rings. The Morgan fingerprint density at radius 1 is 1.57 bits per heavy atom. The van der Waals surface area contributed by atoms with Crippen molar-refractivity contribution in [2.75, 3.05) is 5.75 Å². The van der Waals surface area contributed by atoms with Crippen LogP contribution in [-0.4, -0.2) is 35.3 Å². The first-order valence-electron chi connectivity index (χ1n) is 4.53. The average Bonchev–Trinajstić information content (AvgIpc) is 2.16. The highest BCUT2D eigenvalue weighted by molar-refractivity contribution is 8.22. The molecular weight excluding hydrogens is 201 g/mol. The van der Waals surface area contributed by atoms with Gasteiger partial charge in [-0.25, -0.2) is 16.4 Å². The van der Waals surface area contributed by atoms with Crippen molar-refractivity contribution in [3.8, 4) is 0 Å². The quantitative estimate of drug-likeness (QED) is 0.487. The first kappa shape index (κ1) is 13.4. The molecule has 0 saturated carbocycles. The third-order valence-corrected chi connectivity index (χ3v) is 2.45. The van der Waals surface area contributed by atoms with Crippen molar-refractivity contribution in [3.05, 3.63) is 0 Å². The molecule has 0 aromatic carbocycles. The highest BCUT2D eigenvalue weighted by atomic mass is 32.2. The molecule has 0 spiro atoms. The fourth-order valence-electron chi connectivity index (χ4n) is 0.858. The molecule has 1 amide bonds. The van der Waals surface area contributed by atoms with E-state index in [4.69, 9.17) is 5.11 Å². The molecular formula is C8H15BNO3S. The number of rotatable bonds is 7. The molecule has 0 fully saturated rings. The first-order valence-corrected chi connectivity index (χ1v) is 5.58. The van der Waals surface area contributed by atoms with Crippen LogP contribution in [0.1, 0.15) is 19.8 Å². The standard InChI is InChI=1S/C8H15BNO3S/c1-3-7(11)10-6(8(12)13)4-5-14-9-2/h6H,3-5H2,1-2H3,(H,10,11)(H,12,13). The lowest BCUT2D eigenvalue weighted by molar-refractivity contribution is -0.141. The van der Waals surface area contributed by atoms with Gasteiger partial charge in [0.1, 0.15) is 6.04 Å². The maximum absolute atomic E-state index is 11.0. The van der Waals surface area contributed by atoms with Gasteiger partial charge in [0.2, 0.25) is 5.91 Å². The SMILES string of the molecule is C[B]SCCC(NC(=O)CC)C(=O)O. The third-order valence-electron chi connectivity index (χ3n) is 1.65. The number of hydrogen-bond donors (Lipinski definition) is 2. The van der Waals surface area contributed by atoms with Gasteiger partial charge in [-0.05, 0) is 12.2 Å². The molecule has 0 aromatic heterocycles. The second-order valence-corrected chi connectivity index (χ2v) is 3.92. The maximum Gasteiger partial charge on any atom is 0.326 e. The molecule has 1 atom stereocenters. The van der Waals surface area contributed by atoms with Crippen LogP contribution >= 0.6 is 11.6 Å². The summed E-state index contributed by atoms with van der Waals surface area (Å²) in [6.45, 7) is 5.49. The molecule has 0 saturated heterocycles. The molecule has 79 valence electrons. The van der Waals surface area contributed by atoms with Crippen LogP contribution in [0.4, 0.5) is 0 Å².